The van der Waals surface area contributed by atoms with Crippen molar-refractivity contribution in [3.63, 3.8) is 0 Å². The molecule has 0 aliphatic carbocycles. The van der Waals surface area contributed by atoms with E-state index in [1.807, 2.05) is 24.8 Å². The first-order valence-corrected chi connectivity index (χ1v) is 7.62. The Morgan fingerprint density at radius 2 is 1.45 bits per heavy atom. The second kappa shape index (κ2) is 7.90. The Hall–Kier alpha value is -1.94. The van der Waals surface area contributed by atoms with E-state index in [1.165, 1.54) is 18.2 Å². The second-order valence-corrected chi connectivity index (χ2v) is 5.19. The summed E-state index contributed by atoms with van der Waals surface area (Å²) >= 11 is 0. The van der Waals surface area contributed by atoms with Gasteiger partial charge in [0.15, 0.2) is 0 Å². The molecule has 0 spiro atoms. The zero-order valence-corrected chi connectivity index (χ0v) is 13.1. The minimum atomic E-state index is -0.230. The number of anilines is 1. The molecule has 0 saturated heterocycles. The first kappa shape index (κ1) is 16.4. The summed E-state index contributed by atoms with van der Waals surface area (Å²) in [6.45, 7) is 6.88. The van der Waals surface area contributed by atoms with Gasteiger partial charge in [0, 0.05) is 26.2 Å². The van der Waals surface area contributed by atoms with Crippen LogP contribution >= 0.6 is 0 Å². The predicted molar refractivity (Wildman–Crippen MR) is 86.9 cm³/mol. The molecule has 4 heteroatoms. The molecule has 1 N–H and O–H groups in total. The van der Waals surface area contributed by atoms with E-state index in [-0.39, 0.29) is 11.6 Å². The number of halogens is 2. The van der Waals surface area contributed by atoms with Crippen molar-refractivity contribution in [2.75, 3.05) is 18.0 Å². The third kappa shape index (κ3) is 4.28. The van der Waals surface area contributed by atoms with Crippen LogP contribution in [0.15, 0.2) is 42.5 Å². The SMILES string of the molecule is CCN(CC)c1cc(CNCc2ccc(F)cc2)ccc1F. The van der Waals surface area contributed by atoms with Crippen molar-refractivity contribution in [1.82, 2.24) is 5.32 Å². The van der Waals surface area contributed by atoms with Gasteiger partial charge in [-0.25, -0.2) is 8.78 Å². The Morgan fingerprint density at radius 3 is 2.09 bits per heavy atom. The molecule has 0 amide bonds. The van der Waals surface area contributed by atoms with Crippen LogP contribution in [0.4, 0.5) is 14.5 Å². The van der Waals surface area contributed by atoms with Gasteiger partial charge in [-0.1, -0.05) is 18.2 Å². The van der Waals surface area contributed by atoms with E-state index in [9.17, 15) is 8.78 Å². The maximum Gasteiger partial charge on any atom is 0.146 e. The highest BCUT2D eigenvalue weighted by atomic mass is 19.1. The minimum Gasteiger partial charge on any atom is -0.370 e. The lowest BCUT2D eigenvalue weighted by Crippen LogP contribution is -2.23. The van der Waals surface area contributed by atoms with E-state index >= 15 is 0 Å². The molecule has 0 atom stereocenters. The van der Waals surface area contributed by atoms with Crippen molar-refractivity contribution < 1.29 is 8.78 Å². The van der Waals surface area contributed by atoms with E-state index < -0.39 is 0 Å². The molecule has 0 heterocycles. The molecule has 0 radical (unpaired) electrons. The quantitative estimate of drug-likeness (QED) is 0.828. The molecular formula is C18H22F2N2. The van der Waals surface area contributed by atoms with Gasteiger partial charge in [0.2, 0.25) is 0 Å². The highest BCUT2D eigenvalue weighted by Crippen LogP contribution is 2.20. The largest absolute Gasteiger partial charge is 0.370 e. The number of hydrogen-bond acceptors (Lipinski definition) is 2. The van der Waals surface area contributed by atoms with Crippen LogP contribution in [0.2, 0.25) is 0 Å². The molecule has 0 unspecified atom stereocenters. The summed E-state index contributed by atoms with van der Waals surface area (Å²) in [6.07, 6.45) is 0. The zero-order valence-electron chi connectivity index (χ0n) is 13.1. The van der Waals surface area contributed by atoms with Gasteiger partial charge in [-0.05, 0) is 49.2 Å². The van der Waals surface area contributed by atoms with Gasteiger partial charge in [0.1, 0.15) is 11.6 Å². The van der Waals surface area contributed by atoms with E-state index in [2.05, 4.69) is 5.32 Å². The topological polar surface area (TPSA) is 15.3 Å². The van der Waals surface area contributed by atoms with Crippen LogP contribution in [0, 0.1) is 11.6 Å². The summed E-state index contributed by atoms with van der Waals surface area (Å²) in [5.41, 5.74) is 2.70. The van der Waals surface area contributed by atoms with Gasteiger partial charge in [0.05, 0.1) is 5.69 Å². The van der Waals surface area contributed by atoms with Gasteiger partial charge in [0.25, 0.3) is 0 Å². The Morgan fingerprint density at radius 1 is 0.864 bits per heavy atom. The lowest BCUT2D eigenvalue weighted by atomic mass is 10.1. The zero-order chi connectivity index (χ0) is 15.9. The van der Waals surface area contributed by atoms with Crippen molar-refractivity contribution in [3.05, 3.63) is 65.2 Å². The summed E-state index contributed by atoms with van der Waals surface area (Å²) < 4.78 is 26.8. The van der Waals surface area contributed by atoms with Crippen LogP contribution < -0.4 is 10.2 Å². The fourth-order valence-corrected chi connectivity index (χ4v) is 2.43. The average Bonchev–Trinajstić information content (AvgIpc) is 2.53. The molecule has 2 nitrogen and oxygen atoms in total. The van der Waals surface area contributed by atoms with Crippen molar-refractivity contribution in [3.8, 4) is 0 Å². The normalized spacial score (nSPS) is 10.7. The maximum atomic E-state index is 13.9. The molecule has 22 heavy (non-hydrogen) atoms. The van der Waals surface area contributed by atoms with E-state index in [0.29, 0.717) is 18.8 Å². The van der Waals surface area contributed by atoms with Crippen molar-refractivity contribution in [1.29, 1.82) is 0 Å². The highest BCUT2D eigenvalue weighted by molar-refractivity contribution is 5.49. The molecule has 2 rings (SSSR count). The Kier molecular flexibility index (Phi) is 5.90. The summed E-state index contributed by atoms with van der Waals surface area (Å²) in [5, 5.41) is 3.30. The number of rotatable bonds is 7. The van der Waals surface area contributed by atoms with Gasteiger partial charge in [-0.15, -0.1) is 0 Å². The number of nitrogens with zero attached hydrogens (tertiary/aromatic N) is 1. The summed E-state index contributed by atoms with van der Waals surface area (Å²) in [5.74, 6) is -0.419. The number of hydrogen-bond donors (Lipinski definition) is 1. The number of benzene rings is 2. The van der Waals surface area contributed by atoms with Crippen LogP contribution in [0.1, 0.15) is 25.0 Å². The van der Waals surface area contributed by atoms with Crippen LogP contribution in [-0.2, 0) is 13.1 Å². The Bertz CT molecular complexity index is 593. The molecule has 0 bridgehead atoms. The monoisotopic (exact) mass is 304 g/mol. The summed E-state index contributed by atoms with van der Waals surface area (Å²) in [7, 11) is 0. The first-order chi connectivity index (χ1) is 10.6. The molecule has 0 aliphatic heterocycles. The smallest absolute Gasteiger partial charge is 0.146 e. The van der Waals surface area contributed by atoms with Gasteiger partial charge in [-0.2, -0.15) is 0 Å². The second-order valence-electron chi connectivity index (χ2n) is 5.19. The fourth-order valence-electron chi connectivity index (χ4n) is 2.43. The number of nitrogens with one attached hydrogen (secondary N) is 1. The minimum absolute atomic E-state index is 0.189. The third-order valence-electron chi connectivity index (χ3n) is 3.69. The Balaban J connectivity index is 1.98. The maximum absolute atomic E-state index is 13.9. The average molecular weight is 304 g/mol. The molecule has 0 aliphatic rings. The van der Waals surface area contributed by atoms with Gasteiger partial charge < -0.3 is 10.2 Å². The van der Waals surface area contributed by atoms with Crippen molar-refractivity contribution in [2.45, 2.75) is 26.9 Å². The van der Waals surface area contributed by atoms with E-state index in [0.717, 1.165) is 24.2 Å². The van der Waals surface area contributed by atoms with Crippen LogP contribution in [0.25, 0.3) is 0 Å². The fraction of sp³-hybridized carbons (Fsp3) is 0.333. The first-order valence-electron chi connectivity index (χ1n) is 7.62. The van der Waals surface area contributed by atoms with Gasteiger partial charge >= 0.3 is 0 Å². The molecule has 2 aromatic carbocycles. The van der Waals surface area contributed by atoms with Crippen molar-refractivity contribution in [2.24, 2.45) is 0 Å². The van der Waals surface area contributed by atoms with Gasteiger partial charge in [-0.3, -0.25) is 0 Å². The predicted octanol–water partition coefficient (Wildman–Crippen LogP) is 4.10. The summed E-state index contributed by atoms with van der Waals surface area (Å²) in [4.78, 5) is 2.00. The van der Waals surface area contributed by atoms with Crippen LogP contribution in [0.3, 0.4) is 0 Å². The van der Waals surface area contributed by atoms with Crippen LogP contribution in [-0.4, -0.2) is 13.1 Å². The summed E-state index contributed by atoms with van der Waals surface area (Å²) in [6, 6.07) is 11.6. The standard InChI is InChI=1S/C18H22F2N2/c1-3-22(4-2)18-11-15(7-10-17(18)20)13-21-12-14-5-8-16(19)9-6-14/h5-11,21H,3-4,12-13H2,1-2H3. The molecule has 0 aromatic heterocycles. The lowest BCUT2D eigenvalue weighted by molar-refractivity contribution is 0.616. The molecular weight excluding hydrogens is 282 g/mol. The molecule has 2 aromatic rings. The molecule has 0 saturated carbocycles. The lowest BCUT2D eigenvalue weighted by Gasteiger charge is -2.22. The highest BCUT2D eigenvalue weighted by Gasteiger charge is 2.09. The molecule has 118 valence electrons. The molecule has 0 fully saturated rings. The third-order valence-corrected chi connectivity index (χ3v) is 3.69. The Labute approximate surface area is 130 Å². The van der Waals surface area contributed by atoms with Crippen molar-refractivity contribution >= 4 is 5.69 Å². The van der Waals surface area contributed by atoms with E-state index in [4.69, 9.17) is 0 Å². The van der Waals surface area contributed by atoms with E-state index in [1.54, 1.807) is 18.2 Å². The van der Waals surface area contributed by atoms with Crippen LogP contribution in [0.5, 0.6) is 0 Å².